The zero-order chi connectivity index (χ0) is 41.3. The third-order valence-electron chi connectivity index (χ3n) is 24.8. The average Bonchev–Trinajstić information content (AvgIpc) is 3.12. The molecule has 0 aliphatic heterocycles. The molecule has 0 radical (unpaired) electrons. The van der Waals surface area contributed by atoms with E-state index in [0.29, 0.717) is 43.3 Å². The maximum atomic E-state index is 2.56. The van der Waals surface area contributed by atoms with E-state index >= 15 is 0 Å². The van der Waals surface area contributed by atoms with Gasteiger partial charge in [-0.1, -0.05) is 185 Å². The van der Waals surface area contributed by atoms with Crippen LogP contribution in [0.4, 0.5) is 0 Å². The highest BCUT2D eigenvalue weighted by molar-refractivity contribution is 5.49. The smallest absolute Gasteiger partial charge is 0.0216 e. The van der Waals surface area contributed by atoms with E-state index in [1.165, 1.54) is 121 Å². The molecule has 2 atom stereocenters. The first kappa shape index (κ1) is 43.6. The summed E-state index contributed by atoms with van der Waals surface area (Å²) in [6.07, 6.45) is 6.30. The Kier molecular flexibility index (Phi) is 10.1. The van der Waals surface area contributed by atoms with Gasteiger partial charge in [-0.05, 0) is 156 Å². The van der Waals surface area contributed by atoms with Gasteiger partial charge in [-0.15, -0.1) is 0 Å². The monoisotopic (exact) mass is 747 g/mol. The second kappa shape index (κ2) is 12.5. The van der Waals surface area contributed by atoms with E-state index in [9.17, 15) is 0 Å². The number of rotatable bonds is 11. The maximum Gasteiger partial charge on any atom is -0.0216 e. The second-order valence-electron chi connectivity index (χ2n) is 26.7. The predicted octanol–water partition coefficient (Wildman–Crippen LogP) is 16.2. The lowest BCUT2D eigenvalue weighted by Crippen LogP contribution is -3.04. The lowest BCUT2D eigenvalue weighted by molar-refractivity contribution is -0.609. The van der Waals surface area contributed by atoms with Crippen molar-refractivity contribution in [2.75, 3.05) is 0 Å². The Morgan fingerprint density at radius 2 is 0.667 bits per heavy atom. The van der Waals surface area contributed by atoms with Crippen molar-refractivity contribution in [3.05, 3.63) is 0 Å². The van der Waals surface area contributed by atoms with Crippen molar-refractivity contribution in [3.63, 3.8) is 0 Å². The quantitative estimate of drug-likeness (QED) is 0.197. The van der Waals surface area contributed by atoms with E-state index in [-0.39, 0.29) is 0 Å². The molecule has 0 saturated heterocycles. The van der Waals surface area contributed by atoms with Crippen molar-refractivity contribution in [1.29, 1.82) is 0 Å². The summed E-state index contributed by atoms with van der Waals surface area (Å²) in [4.78, 5) is 0. The van der Waals surface area contributed by atoms with Crippen molar-refractivity contribution in [3.8, 4) is 0 Å². The summed E-state index contributed by atoms with van der Waals surface area (Å²) in [7, 11) is 0. The van der Waals surface area contributed by atoms with Gasteiger partial charge in [-0.25, -0.2) is 0 Å². The molecule has 0 aromatic heterocycles. The van der Waals surface area contributed by atoms with Crippen molar-refractivity contribution in [2.24, 2.45) is 143 Å². The Labute approximate surface area is 340 Å². The minimum atomic E-state index is 0.309. The van der Waals surface area contributed by atoms with Crippen LogP contribution in [0.2, 0.25) is 0 Å². The molecular weight excluding hydrogens is 649 g/mol. The molecule has 12 rings (SSSR count). The van der Waals surface area contributed by atoms with Crippen LogP contribution < -0.4 is 0 Å². The van der Waals surface area contributed by atoms with Crippen LogP contribution in [0.1, 0.15) is 198 Å². The van der Waals surface area contributed by atoms with E-state index < -0.39 is 0 Å². The summed E-state index contributed by atoms with van der Waals surface area (Å²) in [5.74, 6) is 20.5. The Hall–Kier alpha value is 0. The molecule has 0 bridgehead atoms. The summed E-state index contributed by atoms with van der Waals surface area (Å²) in [5.41, 5.74) is 3.79. The topological polar surface area (TPSA) is 0 Å². The second-order valence-corrected chi connectivity index (χ2v) is 26.7. The van der Waals surface area contributed by atoms with E-state index in [4.69, 9.17) is 0 Å². The molecule has 54 heavy (non-hydrogen) atoms. The molecule has 314 valence electrons. The Morgan fingerprint density at radius 1 is 0.389 bits per heavy atom. The van der Waals surface area contributed by atoms with Gasteiger partial charge in [0, 0.05) is 0 Å². The van der Waals surface area contributed by atoms with Crippen LogP contribution in [0.15, 0.2) is 0 Å². The standard InChI is InChI=1S/C18H38.C17H36.C9H10.C8H8.C2H6/c1-12-16(7,8)18(11,13-14(2)3)17(9,10)15(4,5)6;1-11-14(4,5)16(8,9)17(10,13-3)15(6,7)12-2;1-9-6-3-2-4(6)8(9)5(2)7(3)9;1-2-5-3(1)7-4(1)6(2)8(5)7;1-2/h14H,12-13H2,1-11H3;11-13H2,1-10H3;2-8H,1H3;1-8H;1-2H3. The summed E-state index contributed by atoms with van der Waals surface area (Å²) in [6, 6.07) is 0. The van der Waals surface area contributed by atoms with Crippen LogP contribution >= 0.6 is 0 Å². The predicted molar refractivity (Wildman–Crippen MR) is 237 cm³/mol. The average molecular weight is 747 g/mol. The molecule has 12 aliphatic carbocycles. The molecule has 0 amide bonds. The van der Waals surface area contributed by atoms with Gasteiger partial charge in [0.05, 0.1) is 0 Å². The molecule has 0 heterocycles. The molecule has 0 aromatic rings. The van der Waals surface area contributed by atoms with Crippen LogP contribution in [0.3, 0.4) is 0 Å². The van der Waals surface area contributed by atoms with Gasteiger partial charge in [0.1, 0.15) is 0 Å². The van der Waals surface area contributed by atoms with E-state index in [1.54, 1.807) is 0 Å². The molecular formula is C54H98. The van der Waals surface area contributed by atoms with Crippen LogP contribution in [0, 0.1) is 143 Å². The molecule has 0 heteroatoms. The molecule has 2 unspecified atom stereocenters. The Balaban J connectivity index is 0.000000124. The van der Waals surface area contributed by atoms with Gasteiger partial charge < -0.3 is 0 Å². The van der Waals surface area contributed by atoms with Gasteiger partial charge in [0.2, 0.25) is 0 Å². The summed E-state index contributed by atoms with van der Waals surface area (Å²) >= 11 is 0. The Morgan fingerprint density at radius 3 is 0.870 bits per heavy atom. The van der Waals surface area contributed by atoms with E-state index in [0.717, 1.165) is 11.3 Å². The lowest BCUT2D eigenvalue weighted by atomic mass is 8.97. The molecule has 12 saturated carbocycles. The van der Waals surface area contributed by atoms with Crippen molar-refractivity contribution in [1.82, 2.24) is 0 Å². The van der Waals surface area contributed by atoms with Crippen molar-refractivity contribution < 1.29 is 0 Å². The highest BCUT2D eigenvalue weighted by atomic mass is 15.1. The van der Waals surface area contributed by atoms with Gasteiger partial charge in [0.25, 0.3) is 0 Å². The SMILES string of the molecule is C12C3C4C1C1C2C3C41.CC.CC12C3C4C5C3C1C5C42.CCC(C)(C)C(C)(C)C(C)(CC)C(C)(C)CC.CCC(C)(C)C(C)(CC(C)C)C(C)(C)C(C)(C)C. The first-order valence-corrected chi connectivity index (χ1v) is 24.5. The molecule has 0 N–H and O–H groups in total. The third-order valence-corrected chi connectivity index (χ3v) is 24.8. The summed E-state index contributed by atoms with van der Waals surface area (Å²) in [5, 5.41) is 0. The van der Waals surface area contributed by atoms with Gasteiger partial charge in [0.15, 0.2) is 0 Å². The highest BCUT2D eigenvalue weighted by Crippen LogP contribution is 3.05. The molecule has 12 fully saturated rings. The fourth-order valence-electron chi connectivity index (χ4n) is 18.1. The molecule has 0 aromatic carbocycles. The first-order valence-electron chi connectivity index (χ1n) is 24.5. The molecule has 12 aliphatic rings. The largest absolute Gasteiger partial charge is 0.0683 e. The zero-order valence-electron chi connectivity index (χ0n) is 41.3. The van der Waals surface area contributed by atoms with Gasteiger partial charge in [-0.3, -0.25) is 0 Å². The fourth-order valence-corrected chi connectivity index (χ4v) is 18.1. The molecule has 0 spiro atoms. The van der Waals surface area contributed by atoms with Crippen LogP contribution in [-0.2, 0) is 0 Å². The van der Waals surface area contributed by atoms with E-state index in [1.807, 2.05) is 13.8 Å². The van der Waals surface area contributed by atoms with Gasteiger partial charge in [-0.2, -0.15) is 0 Å². The minimum absolute atomic E-state index is 0.309. The van der Waals surface area contributed by atoms with Gasteiger partial charge >= 0.3 is 0 Å². The summed E-state index contributed by atoms with van der Waals surface area (Å²) < 4.78 is 0. The highest BCUT2D eigenvalue weighted by Gasteiger charge is 3.02. The van der Waals surface area contributed by atoms with Crippen LogP contribution in [0.5, 0.6) is 0 Å². The molecule has 0 nitrogen and oxygen atoms in total. The number of hydrogen-bond acceptors (Lipinski definition) is 0. The van der Waals surface area contributed by atoms with Crippen LogP contribution in [-0.4, -0.2) is 0 Å². The Bertz CT molecular complexity index is 1250. The maximum absolute atomic E-state index is 2.56. The first-order chi connectivity index (χ1) is 24.5. The normalized spacial score (nSPS) is 45.4. The lowest BCUT2D eigenvalue weighted by Gasteiger charge is -3.07. The number of hydrogen-bond donors (Lipinski definition) is 0. The fraction of sp³-hybridized carbons (Fsp3) is 1.00. The van der Waals surface area contributed by atoms with Crippen molar-refractivity contribution >= 4 is 0 Å². The van der Waals surface area contributed by atoms with E-state index in [2.05, 4.69) is 152 Å². The zero-order valence-corrected chi connectivity index (χ0v) is 41.3. The summed E-state index contributed by atoms with van der Waals surface area (Å²) in [6.45, 7) is 57.5. The van der Waals surface area contributed by atoms with Crippen LogP contribution in [0.25, 0.3) is 0 Å². The minimum Gasteiger partial charge on any atom is -0.0683 e. The third kappa shape index (κ3) is 4.52. The van der Waals surface area contributed by atoms with Crippen molar-refractivity contribution in [2.45, 2.75) is 198 Å².